The van der Waals surface area contributed by atoms with Crippen molar-refractivity contribution in [1.29, 1.82) is 0 Å². The van der Waals surface area contributed by atoms with Crippen LogP contribution in [0.5, 0.6) is 5.75 Å². The first-order chi connectivity index (χ1) is 17.1. The quantitative estimate of drug-likeness (QED) is 0.289. The van der Waals surface area contributed by atoms with Crippen LogP contribution in [0.2, 0.25) is 0 Å². The van der Waals surface area contributed by atoms with Crippen LogP contribution in [0.3, 0.4) is 0 Å². The van der Waals surface area contributed by atoms with E-state index in [-0.39, 0.29) is 12.0 Å². The van der Waals surface area contributed by atoms with Crippen LogP contribution in [0.15, 0.2) is 65.7 Å². The minimum absolute atomic E-state index is 0.0547. The van der Waals surface area contributed by atoms with Crippen molar-refractivity contribution in [2.75, 3.05) is 19.8 Å². The van der Waals surface area contributed by atoms with Gasteiger partial charge in [0.2, 0.25) is 0 Å². The molecule has 0 aliphatic carbocycles. The van der Waals surface area contributed by atoms with Crippen molar-refractivity contribution >= 4 is 40.3 Å². The lowest BCUT2D eigenvalue weighted by Gasteiger charge is -2.18. The highest BCUT2D eigenvalue weighted by Gasteiger charge is 2.35. The summed E-state index contributed by atoms with van der Waals surface area (Å²) in [7, 11) is 0. The average Bonchev–Trinajstić information content (AvgIpc) is 3.61. The van der Waals surface area contributed by atoms with E-state index in [4.69, 9.17) is 26.8 Å². The van der Waals surface area contributed by atoms with E-state index in [1.165, 1.54) is 11.8 Å². The zero-order valence-corrected chi connectivity index (χ0v) is 21.2. The van der Waals surface area contributed by atoms with Crippen LogP contribution < -0.4 is 4.74 Å². The van der Waals surface area contributed by atoms with Crippen molar-refractivity contribution in [1.82, 2.24) is 14.7 Å². The van der Waals surface area contributed by atoms with Crippen molar-refractivity contribution in [3.63, 3.8) is 0 Å². The molecule has 0 radical (unpaired) electrons. The van der Waals surface area contributed by atoms with Crippen LogP contribution in [0, 0.1) is 0 Å². The van der Waals surface area contributed by atoms with E-state index in [0.29, 0.717) is 22.4 Å². The van der Waals surface area contributed by atoms with Gasteiger partial charge in [-0.25, -0.2) is 4.68 Å². The molecule has 5 rings (SSSR count). The number of carbonyl (C=O) groups is 1. The van der Waals surface area contributed by atoms with E-state index >= 15 is 0 Å². The lowest BCUT2D eigenvalue weighted by Crippen LogP contribution is -2.35. The van der Waals surface area contributed by atoms with Gasteiger partial charge < -0.3 is 9.47 Å². The third-order valence-corrected chi connectivity index (χ3v) is 7.29. The molecular formula is C27H27N3O3S2. The Morgan fingerprint density at radius 1 is 1.23 bits per heavy atom. The number of rotatable bonds is 8. The molecule has 0 spiro atoms. The Morgan fingerprint density at radius 3 is 2.86 bits per heavy atom. The highest BCUT2D eigenvalue weighted by Crippen LogP contribution is 2.36. The molecule has 35 heavy (non-hydrogen) atoms. The van der Waals surface area contributed by atoms with Gasteiger partial charge in [0.15, 0.2) is 0 Å². The molecule has 2 aromatic carbocycles. The molecule has 8 heteroatoms. The van der Waals surface area contributed by atoms with Crippen molar-refractivity contribution in [3.05, 3.63) is 71.3 Å². The van der Waals surface area contributed by atoms with Gasteiger partial charge in [-0.15, -0.1) is 0 Å². The molecule has 2 aliphatic rings. The Hall–Kier alpha value is -2.94. The zero-order chi connectivity index (χ0) is 24.2. The van der Waals surface area contributed by atoms with E-state index in [1.807, 2.05) is 71.6 Å². The minimum atomic E-state index is -0.0751. The van der Waals surface area contributed by atoms with Gasteiger partial charge in [-0.3, -0.25) is 9.69 Å². The first-order valence-corrected chi connectivity index (χ1v) is 13.1. The number of benzene rings is 2. The molecule has 1 amide bonds. The fourth-order valence-corrected chi connectivity index (χ4v) is 5.44. The number of nitrogens with zero attached hydrogens (tertiary/aromatic N) is 3. The summed E-state index contributed by atoms with van der Waals surface area (Å²) in [4.78, 5) is 15.5. The minimum Gasteiger partial charge on any atom is -0.494 e. The molecule has 2 aliphatic heterocycles. The third kappa shape index (κ3) is 5.34. The number of para-hydroxylation sites is 1. The van der Waals surface area contributed by atoms with Crippen molar-refractivity contribution in [3.8, 4) is 22.7 Å². The fraction of sp³-hybridized carbons (Fsp3) is 0.296. The second kappa shape index (κ2) is 10.8. The number of thiocarbonyl (C=S) groups is 1. The summed E-state index contributed by atoms with van der Waals surface area (Å²) in [5, 5.41) is 4.89. The van der Waals surface area contributed by atoms with Gasteiger partial charge in [0.1, 0.15) is 15.8 Å². The fourth-order valence-electron chi connectivity index (χ4n) is 4.17. The van der Waals surface area contributed by atoms with Crippen LogP contribution in [0.1, 0.15) is 31.7 Å². The predicted octanol–water partition coefficient (Wildman–Crippen LogP) is 5.71. The monoisotopic (exact) mass is 505 g/mol. The summed E-state index contributed by atoms with van der Waals surface area (Å²) in [6.45, 7) is 3.99. The SMILES string of the molecule is CCCOc1cccc(-c2nn(-c3ccccc3)cc2C=C2SC(=S)N(CC3CCCO3)C2=O)c1. The molecule has 1 unspecified atom stereocenters. The van der Waals surface area contributed by atoms with Gasteiger partial charge in [-0.2, -0.15) is 5.10 Å². The Morgan fingerprint density at radius 2 is 2.09 bits per heavy atom. The summed E-state index contributed by atoms with van der Waals surface area (Å²) < 4.78 is 14.0. The topological polar surface area (TPSA) is 56.6 Å². The molecular weight excluding hydrogens is 478 g/mol. The van der Waals surface area contributed by atoms with E-state index in [2.05, 4.69) is 6.92 Å². The number of hydrogen-bond donors (Lipinski definition) is 0. The van der Waals surface area contributed by atoms with Gasteiger partial charge in [-0.1, -0.05) is 61.2 Å². The number of ether oxygens (including phenoxy) is 2. The maximum atomic E-state index is 13.3. The van der Waals surface area contributed by atoms with Gasteiger partial charge in [-0.05, 0) is 49.6 Å². The second-order valence-corrected chi connectivity index (χ2v) is 10.2. The highest BCUT2D eigenvalue weighted by atomic mass is 32.2. The highest BCUT2D eigenvalue weighted by molar-refractivity contribution is 8.26. The Balaban J connectivity index is 1.50. The molecule has 2 saturated heterocycles. The average molecular weight is 506 g/mol. The van der Waals surface area contributed by atoms with Crippen LogP contribution >= 0.6 is 24.0 Å². The second-order valence-electron chi connectivity index (χ2n) is 8.52. The molecule has 1 atom stereocenters. The van der Waals surface area contributed by atoms with E-state index in [9.17, 15) is 4.79 Å². The lowest BCUT2D eigenvalue weighted by molar-refractivity contribution is -0.123. The molecule has 0 N–H and O–H groups in total. The standard InChI is InChI=1S/C27H27N3O3S2/c1-2-13-32-22-11-6-8-19(15-22)25-20(17-30(28-25)21-9-4-3-5-10-21)16-24-26(31)29(27(34)35-24)18-23-12-7-14-33-23/h3-6,8-11,15-17,23H,2,7,12-14,18H2,1H3. The van der Waals surface area contributed by atoms with E-state index < -0.39 is 0 Å². The van der Waals surface area contributed by atoms with Gasteiger partial charge in [0.05, 0.1) is 29.8 Å². The van der Waals surface area contributed by atoms with Crippen molar-refractivity contribution in [2.24, 2.45) is 0 Å². The number of amides is 1. The van der Waals surface area contributed by atoms with E-state index in [0.717, 1.165) is 54.1 Å². The largest absolute Gasteiger partial charge is 0.494 e. The third-order valence-electron chi connectivity index (χ3n) is 5.91. The van der Waals surface area contributed by atoms with Gasteiger partial charge >= 0.3 is 0 Å². The molecule has 180 valence electrons. The molecule has 1 aromatic heterocycles. The zero-order valence-electron chi connectivity index (χ0n) is 19.6. The summed E-state index contributed by atoms with van der Waals surface area (Å²) in [6, 6.07) is 17.9. The number of carbonyl (C=O) groups excluding carboxylic acids is 1. The summed E-state index contributed by atoms with van der Waals surface area (Å²) in [6.07, 6.45) is 6.83. The molecule has 0 bridgehead atoms. The number of hydrogen-bond acceptors (Lipinski definition) is 6. The molecule has 3 heterocycles. The normalized spacial score (nSPS) is 19.2. The first-order valence-electron chi connectivity index (χ1n) is 11.9. The number of thioether (sulfide) groups is 1. The van der Waals surface area contributed by atoms with Gasteiger partial charge in [0.25, 0.3) is 5.91 Å². The summed E-state index contributed by atoms with van der Waals surface area (Å²) >= 11 is 6.88. The Labute approximate surface area is 214 Å². The summed E-state index contributed by atoms with van der Waals surface area (Å²) in [5.41, 5.74) is 3.49. The molecule has 6 nitrogen and oxygen atoms in total. The van der Waals surface area contributed by atoms with Crippen molar-refractivity contribution < 1.29 is 14.3 Å². The van der Waals surface area contributed by atoms with Gasteiger partial charge in [0, 0.05) is 23.9 Å². The first kappa shape index (κ1) is 23.8. The number of aromatic nitrogens is 2. The van der Waals surface area contributed by atoms with Crippen LogP contribution in [-0.4, -0.2) is 50.8 Å². The van der Waals surface area contributed by atoms with Crippen molar-refractivity contribution in [2.45, 2.75) is 32.3 Å². The van der Waals surface area contributed by atoms with Crippen LogP contribution in [0.25, 0.3) is 23.0 Å². The maximum absolute atomic E-state index is 13.3. The van der Waals surface area contributed by atoms with Crippen LogP contribution in [0.4, 0.5) is 0 Å². The molecule has 3 aromatic rings. The Bertz CT molecular complexity index is 1250. The smallest absolute Gasteiger partial charge is 0.266 e. The molecule has 2 fully saturated rings. The maximum Gasteiger partial charge on any atom is 0.266 e. The predicted molar refractivity (Wildman–Crippen MR) is 144 cm³/mol. The lowest BCUT2D eigenvalue weighted by atomic mass is 10.1. The molecule has 0 saturated carbocycles. The van der Waals surface area contributed by atoms with E-state index in [1.54, 1.807) is 4.90 Å². The summed E-state index contributed by atoms with van der Waals surface area (Å²) in [5.74, 6) is 0.724. The Kier molecular flexibility index (Phi) is 7.32. The van der Waals surface area contributed by atoms with Crippen LogP contribution in [-0.2, 0) is 9.53 Å².